The van der Waals surface area contributed by atoms with Crippen molar-refractivity contribution in [1.29, 1.82) is 0 Å². The van der Waals surface area contributed by atoms with Gasteiger partial charge in [-0.25, -0.2) is 14.8 Å². The molecule has 0 radical (unpaired) electrons. The van der Waals surface area contributed by atoms with Gasteiger partial charge in [0.2, 0.25) is 5.95 Å². The van der Waals surface area contributed by atoms with Gasteiger partial charge >= 0.3 is 12.1 Å². The standard InChI is InChI=1S/C24H17F3N6O3.C12H27NO/c1-33-20-7-6-15(36-16-8-9-28-18(11-16)21-29-12-19(31-21)22(34)35)10-17(20)32-23(33)30-14-4-2-13(3-5-14)24(25,26)27;1-2-3-4-5-6-7-8-9-10-13-11-12-14/h2-12H,1H3,(H,29,31)(H,30,32)(H,34,35);13-14H,2-12H2,1H3. The van der Waals surface area contributed by atoms with E-state index in [9.17, 15) is 18.0 Å². The van der Waals surface area contributed by atoms with Crippen LogP contribution < -0.4 is 15.4 Å². The number of fused-ring (bicyclic) bond motifs is 1. The molecular weight excluding hydrogens is 651 g/mol. The zero-order valence-corrected chi connectivity index (χ0v) is 28.3. The Kier molecular flexibility index (Phi) is 14.2. The number of aliphatic hydroxyl groups is 1. The number of nitrogens with zero attached hydrogens (tertiary/aromatic N) is 4. The first-order chi connectivity index (χ1) is 24.1. The molecule has 0 fully saturated rings. The van der Waals surface area contributed by atoms with E-state index in [0.29, 0.717) is 34.3 Å². The van der Waals surface area contributed by atoms with E-state index in [-0.39, 0.29) is 18.1 Å². The lowest BCUT2D eigenvalue weighted by Gasteiger charge is -2.09. The quantitative estimate of drug-likeness (QED) is 0.0605. The lowest BCUT2D eigenvalue weighted by Crippen LogP contribution is -2.19. The van der Waals surface area contributed by atoms with Gasteiger partial charge in [-0.15, -0.1) is 0 Å². The number of aromatic amines is 1. The Morgan fingerprint density at radius 2 is 1.62 bits per heavy atom. The number of aryl methyl sites for hydroxylation is 1. The third-order valence-electron chi connectivity index (χ3n) is 7.83. The molecule has 3 aromatic heterocycles. The molecule has 0 aliphatic heterocycles. The molecular formula is C36H44F3N7O4. The van der Waals surface area contributed by atoms with Crippen LogP contribution in [0.4, 0.5) is 24.8 Å². The Balaban J connectivity index is 0.000000341. The Morgan fingerprint density at radius 1 is 0.920 bits per heavy atom. The zero-order valence-electron chi connectivity index (χ0n) is 28.3. The van der Waals surface area contributed by atoms with Crippen molar-refractivity contribution in [2.75, 3.05) is 25.0 Å². The Labute approximate surface area is 289 Å². The number of unbranched alkanes of at least 4 members (excludes halogenated alkanes) is 7. The van der Waals surface area contributed by atoms with Crippen LogP contribution in [0.3, 0.4) is 0 Å². The predicted octanol–water partition coefficient (Wildman–Crippen LogP) is 8.32. The Bertz CT molecular complexity index is 1780. The van der Waals surface area contributed by atoms with Crippen LogP contribution in [-0.2, 0) is 13.2 Å². The van der Waals surface area contributed by atoms with Gasteiger partial charge in [-0.05, 0) is 55.4 Å². The molecule has 14 heteroatoms. The summed E-state index contributed by atoms with van der Waals surface area (Å²) in [5.41, 5.74) is 1.47. The first-order valence-electron chi connectivity index (χ1n) is 16.7. The highest BCUT2D eigenvalue weighted by atomic mass is 19.4. The lowest BCUT2D eigenvalue weighted by molar-refractivity contribution is -0.137. The van der Waals surface area contributed by atoms with Gasteiger partial charge in [-0.2, -0.15) is 13.2 Å². The molecule has 0 aliphatic carbocycles. The molecule has 0 amide bonds. The summed E-state index contributed by atoms with van der Waals surface area (Å²) in [4.78, 5) is 26.5. The van der Waals surface area contributed by atoms with Gasteiger partial charge in [0.05, 0.1) is 29.4 Å². The summed E-state index contributed by atoms with van der Waals surface area (Å²) in [5, 5.41) is 23.8. The molecule has 268 valence electrons. The minimum absolute atomic E-state index is 0.0561. The third-order valence-corrected chi connectivity index (χ3v) is 7.83. The topological polar surface area (TPSA) is 150 Å². The second-order valence-electron chi connectivity index (χ2n) is 11.7. The number of rotatable bonds is 17. The van der Waals surface area contributed by atoms with E-state index in [0.717, 1.165) is 30.7 Å². The zero-order chi connectivity index (χ0) is 35.9. The van der Waals surface area contributed by atoms with Gasteiger partial charge in [0.15, 0.2) is 5.82 Å². The highest BCUT2D eigenvalue weighted by Gasteiger charge is 2.30. The van der Waals surface area contributed by atoms with Crippen LogP contribution in [0.15, 0.2) is 67.0 Å². The number of aromatic nitrogens is 5. The van der Waals surface area contributed by atoms with E-state index >= 15 is 0 Å². The summed E-state index contributed by atoms with van der Waals surface area (Å²) in [5.74, 6) is 0.547. The minimum atomic E-state index is -4.40. The molecule has 0 saturated heterocycles. The van der Waals surface area contributed by atoms with E-state index in [2.05, 4.69) is 37.5 Å². The monoisotopic (exact) mass is 695 g/mol. The summed E-state index contributed by atoms with van der Waals surface area (Å²) in [7, 11) is 1.78. The number of H-pyrrole nitrogens is 1. The molecule has 0 spiro atoms. The number of imidazole rings is 2. The number of carboxylic acid groups (broad SMARTS) is 1. The number of aliphatic hydroxyl groups excluding tert-OH is 1. The molecule has 5 rings (SSSR count). The highest BCUT2D eigenvalue weighted by molar-refractivity contribution is 5.85. The molecule has 5 aromatic rings. The summed E-state index contributed by atoms with van der Waals surface area (Å²) in [6.45, 7) is 4.33. The number of pyridine rings is 1. The smallest absolute Gasteiger partial charge is 0.416 e. The van der Waals surface area contributed by atoms with Crippen molar-refractivity contribution in [2.45, 2.75) is 64.5 Å². The van der Waals surface area contributed by atoms with Crippen molar-refractivity contribution < 1.29 is 32.9 Å². The number of ether oxygens (including phenoxy) is 1. The van der Waals surface area contributed by atoms with Crippen molar-refractivity contribution in [3.63, 3.8) is 0 Å². The SMILES string of the molecule is CCCCCCCCCCNCCO.Cn1c(Nc2ccc(C(F)(F)F)cc2)nc2cc(Oc3ccnc(-c4ncc(C(=O)O)[nH]4)c3)ccc21. The fraction of sp³-hybridized carbons (Fsp3) is 0.389. The van der Waals surface area contributed by atoms with Gasteiger partial charge in [0.1, 0.15) is 22.9 Å². The first-order valence-corrected chi connectivity index (χ1v) is 16.7. The number of anilines is 2. The van der Waals surface area contributed by atoms with Crippen molar-refractivity contribution in [1.82, 2.24) is 29.8 Å². The molecule has 50 heavy (non-hydrogen) atoms. The highest BCUT2D eigenvalue weighted by Crippen LogP contribution is 2.32. The van der Waals surface area contributed by atoms with E-state index in [1.165, 1.54) is 75.9 Å². The van der Waals surface area contributed by atoms with Crippen LogP contribution in [0.5, 0.6) is 11.5 Å². The molecule has 0 unspecified atom stereocenters. The van der Waals surface area contributed by atoms with Crippen LogP contribution in [-0.4, -0.2) is 60.4 Å². The number of hydrogen-bond acceptors (Lipinski definition) is 8. The average molecular weight is 696 g/mol. The van der Waals surface area contributed by atoms with Gasteiger partial charge in [-0.3, -0.25) is 4.98 Å². The molecule has 2 aromatic carbocycles. The van der Waals surface area contributed by atoms with Gasteiger partial charge in [0.25, 0.3) is 0 Å². The average Bonchev–Trinajstić information content (AvgIpc) is 3.71. The van der Waals surface area contributed by atoms with Gasteiger partial charge in [0, 0.05) is 37.6 Å². The van der Waals surface area contributed by atoms with Crippen LogP contribution >= 0.6 is 0 Å². The second kappa shape index (κ2) is 18.7. The molecule has 0 atom stereocenters. The number of carboxylic acids is 1. The second-order valence-corrected chi connectivity index (χ2v) is 11.7. The van der Waals surface area contributed by atoms with E-state index in [4.69, 9.17) is 14.9 Å². The largest absolute Gasteiger partial charge is 0.477 e. The maximum Gasteiger partial charge on any atom is 0.416 e. The fourth-order valence-electron chi connectivity index (χ4n) is 5.11. The predicted molar refractivity (Wildman–Crippen MR) is 187 cm³/mol. The summed E-state index contributed by atoms with van der Waals surface area (Å²) in [6.07, 6.45) is 9.27. The summed E-state index contributed by atoms with van der Waals surface area (Å²) < 4.78 is 46.1. The summed E-state index contributed by atoms with van der Waals surface area (Å²) in [6, 6.07) is 13.2. The number of halogens is 3. The van der Waals surface area contributed by atoms with Crippen molar-refractivity contribution in [3.8, 4) is 23.0 Å². The van der Waals surface area contributed by atoms with Crippen molar-refractivity contribution in [3.05, 3.63) is 78.2 Å². The minimum Gasteiger partial charge on any atom is -0.477 e. The van der Waals surface area contributed by atoms with Gasteiger partial charge < -0.3 is 35.1 Å². The molecule has 5 N–H and O–H groups in total. The van der Waals surface area contributed by atoms with E-state index < -0.39 is 17.7 Å². The van der Waals surface area contributed by atoms with Crippen molar-refractivity contribution >= 4 is 28.6 Å². The molecule has 3 heterocycles. The number of carbonyl (C=O) groups is 1. The van der Waals surface area contributed by atoms with Gasteiger partial charge in [-0.1, -0.05) is 51.9 Å². The number of aromatic carboxylic acids is 1. The molecule has 0 bridgehead atoms. The Morgan fingerprint density at radius 3 is 2.28 bits per heavy atom. The maximum absolute atomic E-state index is 12.8. The molecule has 11 nitrogen and oxygen atoms in total. The maximum atomic E-state index is 12.8. The fourth-order valence-corrected chi connectivity index (χ4v) is 5.11. The number of hydrogen-bond donors (Lipinski definition) is 5. The third kappa shape index (κ3) is 11.3. The van der Waals surface area contributed by atoms with Crippen LogP contribution in [0, 0.1) is 0 Å². The number of alkyl halides is 3. The lowest BCUT2D eigenvalue weighted by atomic mass is 10.1. The number of benzene rings is 2. The number of nitrogens with one attached hydrogen (secondary N) is 3. The van der Waals surface area contributed by atoms with Crippen LogP contribution in [0.2, 0.25) is 0 Å². The first kappa shape index (κ1) is 37.9. The molecule has 0 aliphatic rings. The molecule has 0 saturated carbocycles. The van der Waals surface area contributed by atoms with E-state index in [1.807, 2.05) is 6.07 Å². The summed E-state index contributed by atoms with van der Waals surface area (Å²) >= 11 is 0. The normalized spacial score (nSPS) is 11.3. The van der Waals surface area contributed by atoms with Crippen molar-refractivity contribution in [2.24, 2.45) is 7.05 Å². The van der Waals surface area contributed by atoms with Crippen LogP contribution in [0.25, 0.3) is 22.6 Å². The Hall–Kier alpha value is -4.95. The van der Waals surface area contributed by atoms with E-state index in [1.54, 1.807) is 35.9 Å². The van der Waals surface area contributed by atoms with Crippen LogP contribution in [0.1, 0.15) is 74.3 Å².